The van der Waals surface area contributed by atoms with E-state index < -0.39 is 15.5 Å². The van der Waals surface area contributed by atoms with E-state index in [1.807, 2.05) is 20.8 Å². The minimum atomic E-state index is -4.44. The molecule has 1 aromatic carbocycles. The second-order valence-corrected chi connectivity index (χ2v) is 7.25. The number of nitrogens with one attached hydrogen (secondary N) is 1. The molecule has 0 aliphatic carbocycles. The third-order valence-electron chi connectivity index (χ3n) is 4.51. The molecular weight excluding hydrogens is 262 g/mol. The van der Waals surface area contributed by atoms with Gasteiger partial charge in [-0.05, 0) is 18.6 Å². The Labute approximate surface area is 113 Å². The maximum absolute atomic E-state index is 11.6. The summed E-state index contributed by atoms with van der Waals surface area (Å²) >= 11 is 0. The zero-order chi connectivity index (χ0) is 14.0. The van der Waals surface area contributed by atoms with E-state index in [1.54, 1.807) is 6.07 Å². The Morgan fingerprint density at radius 1 is 1.32 bits per heavy atom. The van der Waals surface area contributed by atoms with Crippen LogP contribution in [0.2, 0.25) is 0 Å². The van der Waals surface area contributed by atoms with Crippen molar-refractivity contribution in [2.24, 2.45) is 0 Å². The standard InChI is InChI=1S/C14H17NO3S/c1-9-8-15-7-6-10-4-5-11(19(16,17)18)12(13(10)15)14(9,2)3/h4-5,8H,6-7H2,1-3H3,(H,16,17,18). The van der Waals surface area contributed by atoms with E-state index >= 15 is 0 Å². The lowest BCUT2D eigenvalue weighted by Crippen LogP contribution is -3.02. The Bertz CT molecular complexity index is 702. The van der Waals surface area contributed by atoms with Gasteiger partial charge in [-0.3, -0.25) is 4.90 Å². The lowest BCUT2D eigenvalue weighted by molar-refractivity contribution is -0.770. The Kier molecular flexibility index (Phi) is 2.49. The van der Waals surface area contributed by atoms with Crippen LogP contribution in [-0.4, -0.2) is 19.5 Å². The molecule has 0 aromatic heterocycles. The molecule has 2 heterocycles. The highest BCUT2D eigenvalue weighted by Crippen LogP contribution is 2.43. The summed E-state index contributed by atoms with van der Waals surface area (Å²) in [5.74, 6) is 0. The molecule has 1 aromatic rings. The lowest BCUT2D eigenvalue weighted by atomic mass is 9.75. The predicted octanol–water partition coefficient (Wildman–Crippen LogP) is 0.858. The van der Waals surface area contributed by atoms with Crippen LogP contribution in [0, 0.1) is 0 Å². The van der Waals surface area contributed by atoms with Gasteiger partial charge >= 0.3 is 0 Å². The van der Waals surface area contributed by atoms with Crippen LogP contribution in [0.25, 0.3) is 0 Å². The van der Waals surface area contributed by atoms with Crippen molar-refractivity contribution in [3.8, 4) is 0 Å². The summed E-state index contributed by atoms with van der Waals surface area (Å²) in [6, 6.07) is 3.28. The molecule has 102 valence electrons. The van der Waals surface area contributed by atoms with Crippen LogP contribution in [0.4, 0.5) is 5.69 Å². The van der Waals surface area contributed by atoms with E-state index in [9.17, 15) is 13.0 Å². The largest absolute Gasteiger partial charge is 0.744 e. The molecule has 1 N–H and O–H groups in total. The molecule has 0 spiro atoms. The smallest absolute Gasteiger partial charge is 0.144 e. The molecule has 2 aliphatic rings. The normalized spacial score (nSPS) is 24.0. The lowest BCUT2D eigenvalue weighted by Gasteiger charge is -2.35. The minimum Gasteiger partial charge on any atom is -0.744 e. The van der Waals surface area contributed by atoms with E-state index in [1.165, 1.54) is 11.0 Å². The first-order chi connectivity index (χ1) is 8.73. The first-order valence-corrected chi connectivity index (χ1v) is 7.81. The summed E-state index contributed by atoms with van der Waals surface area (Å²) in [5, 5.41) is 0. The van der Waals surface area contributed by atoms with Crippen LogP contribution in [0.5, 0.6) is 0 Å². The number of rotatable bonds is 1. The van der Waals surface area contributed by atoms with E-state index in [-0.39, 0.29) is 4.90 Å². The molecule has 2 aliphatic heterocycles. The van der Waals surface area contributed by atoms with Gasteiger partial charge in [0.05, 0.1) is 17.6 Å². The maximum Gasteiger partial charge on any atom is 0.144 e. The average Bonchev–Trinajstić information content (AvgIpc) is 2.68. The highest BCUT2D eigenvalue weighted by Gasteiger charge is 2.42. The SMILES string of the molecule is CC1=C[NH+]2CCc3ccc(S(=O)(=O)[O-])c(c32)C1(C)C. The Morgan fingerprint density at radius 2 is 2.00 bits per heavy atom. The zero-order valence-electron chi connectivity index (χ0n) is 11.3. The molecule has 5 heteroatoms. The van der Waals surface area contributed by atoms with Crippen LogP contribution >= 0.6 is 0 Å². The quantitative estimate of drug-likeness (QED) is 0.776. The van der Waals surface area contributed by atoms with Crippen molar-refractivity contribution in [3.63, 3.8) is 0 Å². The van der Waals surface area contributed by atoms with Crippen molar-refractivity contribution in [1.29, 1.82) is 0 Å². The van der Waals surface area contributed by atoms with Gasteiger partial charge in [-0.15, -0.1) is 0 Å². The summed E-state index contributed by atoms with van der Waals surface area (Å²) < 4.78 is 34.7. The third kappa shape index (κ3) is 1.69. The van der Waals surface area contributed by atoms with Crippen molar-refractivity contribution >= 4 is 15.8 Å². The molecule has 0 fully saturated rings. The number of benzene rings is 1. The van der Waals surface area contributed by atoms with Gasteiger partial charge in [0.1, 0.15) is 15.8 Å². The van der Waals surface area contributed by atoms with Gasteiger partial charge in [0.2, 0.25) is 0 Å². The van der Waals surface area contributed by atoms with E-state index in [0.717, 1.165) is 29.8 Å². The van der Waals surface area contributed by atoms with Crippen molar-refractivity contribution in [2.75, 3.05) is 6.54 Å². The van der Waals surface area contributed by atoms with Gasteiger partial charge in [0.15, 0.2) is 0 Å². The predicted molar refractivity (Wildman–Crippen MR) is 70.4 cm³/mol. The van der Waals surface area contributed by atoms with Crippen molar-refractivity contribution in [3.05, 3.63) is 35.0 Å². The molecule has 19 heavy (non-hydrogen) atoms. The molecule has 1 unspecified atom stereocenters. The van der Waals surface area contributed by atoms with Gasteiger partial charge in [0, 0.05) is 23.0 Å². The fourth-order valence-corrected chi connectivity index (χ4v) is 4.05. The third-order valence-corrected chi connectivity index (χ3v) is 5.39. The number of hydrogen-bond donors (Lipinski definition) is 1. The molecule has 1 atom stereocenters. The van der Waals surface area contributed by atoms with Crippen LogP contribution in [0.3, 0.4) is 0 Å². The van der Waals surface area contributed by atoms with Gasteiger partial charge in [-0.25, -0.2) is 8.42 Å². The fraction of sp³-hybridized carbons (Fsp3) is 0.429. The summed E-state index contributed by atoms with van der Waals surface area (Å²) in [4.78, 5) is 1.12. The molecule has 0 radical (unpaired) electrons. The van der Waals surface area contributed by atoms with E-state index in [4.69, 9.17) is 0 Å². The summed E-state index contributed by atoms with van der Waals surface area (Å²) in [6.07, 6.45) is 3.08. The van der Waals surface area contributed by atoms with Gasteiger partial charge in [-0.2, -0.15) is 0 Å². The van der Waals surface area contributed by atoms with Crippen LogP contribution in [-0.2, 0) is 22.0 Å². The highest BCUT2D eigenvalue weighted by atomic mass is 32.2. The Morgan fingerprint density at radius 3 is 2.63 bits per heavy atom. The van der Waals surface area contributed by atoms with Gasteiger partial charge in [-0.1, -0.05) is 19.9 Å². The molecule has 3 rings (SSSR count). The average molecular weight is 279 g/mol. The van der Waals surface area contributed by atoms with Crippen molar-refractivity contribution < 1.29 is 17.9 Å². The second kappa shape index (κ2) is 3.69. The van der Waals surface area contributed by atoms with Gasteiger partial charge in [0.25, 0.3) is 0 Å². The first kappa shape index (κ1) is 12.8. The summed E-state index contributed by atoms with van der Waals surface area (Å²) in [5.41, 5.74) is 3.57. The maximum atomic E-state index is 11.6. The van der Waals surface area contributed by atoms with Crippen LogP contribution in [0.1, 0.15) is 31.9 Å². The van der Waals surface area contributed by atoms with Crippen molar-refractivity contribution in [2.45, 2.75) is 37.5 Å². The molecule has 4 nitrogen and oxygen atoms in total. The topological polar surface area (TPSA) is 61.6 Å². The van der Waals surface area contributed by atoms with E-state index in [0.29, 0.717) is 5.56 Å². The number of allylic oxidation sites excluding steroid dienone is 1. The Hall–Kier alpha value is -1.17. The molecule has 0 saturated carbocycles. The number of quaternary nitrogens is 1. The van der Waals surface area contributed by atoms with Crippen molar-refractivity contribution in [1.82, 2.24) is 0 Å². The highest BCUT2D eigenvalue weighted by molar-refractivity contribution is 7.85. The van der Waals surface area contributed by atoms with Gasteiger partial charge < -0.3 is 4.55 Å². The molecule has 0 amide bonds. The number of hydrogen-bond acceptors (Lipinski definition) is 3. The first-order valence-electron chi connectivity index (χ1n) is 6.40. The summed E-state index contributed by atoms with van der Waals surface area (Å²) in [7, 11) is -4.44. The zero-order valence-corrected chi connectivity index (χ0v) is 12.1. The second-order valence-electron chi connectivity index (χ2n) is 5.90. The van der Waals surface area contributed by atoms with E-state index in [2.05, 4.69) is 6.20 Å². The molecule has 0 bridgehead atoms. The monoisotopic (exact) mass is 279 g/mol. The van der Waals surface area contributed by atoms with Crippen LogP contribution < -0.4 is 4.90 Å². The summed E-state index contributed by atoms with van der Waals surface area (Å²) in [6.45, 7) is 6.90. The molecule has 0 saturated heterocycles. The minimum absolute atomic E-state index is 0.0527. The molecular formula is C14H17NO3S. The fourth-order valence-electron chi connectivity index (χ4n) is 3.21. The van der Waals surface area contributed by atoms with Crippen LogP contribution in [0.15, 0.2) is 28.8 Å². The Balaban J connectivity index is 2.43.